The number of hydrogen-bond acceptors (Lipinski definition) is 2. The molecule has 1 aromatic rings. The highest BCUT2D eigenvalue weighted by Gasteiger charge is 2.24. The van der Waals surface area contributed by atoms with Crippen LogP contribution in [0.2, 0.25) is 0 Å². The summed E-state index contributed by atoms with van der Waals surface area (Å²) in [5.74, 6) is 0. The van der Waals surface area contributed by atoms with Crippen molar-refractivity contribution in [2.24, 2.45) is 0 Å². The van der Waals surface area contributed by atoms with Crippen LogP contribution in [0.3, 0.4) is 0 Å². The van der Waals surface area contributed by atoms with Crippen LogP contribution in [0.15, 0.2) is 4.79 Å². The van der Waals surface area contributed by atoms with Crippen molar-refractivity contribution in [1.82, 2.24) is 9.36 Å². The van der Waals surface area contributed by atoms with E-state index in [0.717, 1.165) is 31.5 Å². The molecule has 90 valence electrons. The lowest BCUT2D eigenvalue weighted by Crippen LogP contribution is -2.27. The monoisotopic (exact) mass is 223 g/mol. The Bertz CT molecular complexity index is 424. The molecular formula is C12H21N3O. The Morgan fingerprint density at radius 2 is 1.94 bits per heavy atom. The predicted octanol–water partition coefficient (Wildman–Crippen LogP) is 1.93. The zero-order valence-electron chi connectivity index (χ0n) is 10.2. The van der Waals surface area contributed by atoms with Gasteiger partial charge in [0.05, 0.1) is 11.7 Å². The maximum Gasteiger partial charge on any atom is 0.290 e. The van der Waals surface area contributed by atoms with Crippen molar-refractivity contribution in [3.05, 3.63) is 16.0 Å². The Morgan fingerprint density at radius 3 is 2.44 bits per heavy atom. The van der Waals surface area contributed by atoms with Gasteiger partial charge < -0.3 is 5.73 Å². The average Bonchev–Trinajstić information content (AvgIpc) is 2.87. The van der Waals surface area contributed by atoms with Crippen molar-refractivity contribution in [1.29, 1.82) is 0 Å². The lowest BCUT2D eigenvalue weighted by Gasteiger charge is -2.17. The van der Waals surface area contributed by atoms with Gasteiger partial charge in [0.25, 0.3) is 5.56 Å². The summed E-state index contributed by atoms with van der Waals surface area (Å²) >= 11 is 0. The van der Waals surface area contributed by atoms with Crippen LogP contribution in [0.5, 0.6) is 0 Å². The largest absolute Gasteiger partial charge is 0.393 e. The van der Waals surface area contributed by atoms with Crippen LogP contribution in [-0.4, -0.2) is 9.36 Å². The molecular weight excluding hydrogens is 202 g/mol. The summed E-state index contributed by atoms with van der Waals surface area (Å²) in [5.41, 5.74) is 7.38. The minimum atomic E-state index is 0.0191. The van der Waals surface area contributed by atoms with Crippen molar-refractivity contribution >= 4 is 5.69 Å². The summed E-state index contributed by atoms with van der Waals surface area (Å²) in [7, 11) is 0. The third-order valence-electron chi connectivity index (χ3n) is 3.63. The summed E-state index contributed by atoms with van der Waals surface area (Å²) in [6, 6.07) is 0.370. The number of nitrogens with two attached hydrogens (primary N) is 1. The van der Waals surface area contributed by atoms with Crippen molar-refractivity contribution in [2.45, 2.75) is 58.5 Å². The number of hydrogen-bond donors (Lipinski definition) is 1. The number of nitrogen functional groups attached to an aromatic ring is 1. The summed E-state index contributed by atoms with van der Waals surface area (Å²) in [5, 5.41) is 0. The number of rotatable bonds is 3. The van der Waals surface area contributed by atoms with Gasteiger partial charge in [0.2, 0.25) is 0 Å². The first-order chi connectivity index (χ1) is 7.70. The molecule has 2 N–H and O–H groups in total. The van der Waals surface area contributed by atoms with E-state index in [4.69, 9.17) is 5.73 Å². The molecule has 1 fully saturated rings. The molecule has 2 rings (SSSR count). The summed E-state index contributed by atoms with van der Waals surface area (Å²) in [6.07, 6.45) is 5.52. The second-order valence-corrected chi connectivity index (χ2v) is 4.52. The van der Waals surface area contributed by atoms with E-state index in [9.17, 15) is 4.79 Å². The number of nitrogens with zero attached hydrogens (tertiary/aromatic N) is 2. The quantitative estimate of drug-likeness (QED) is 0.851. The first-order valence-electron chi connectivity index (χ1n) is 6.30. The minimum Gasteiger partial charge on any atom is -0.393 e. The maximum atomic E-state index is 12.1. The van der Waals surface area contributed by atoms with E-state index >= 15 is 0 Å². The Morgan fingerprint density at radius 1 is 1.31 bits per heavy atom. The van der Waals surface area contributed by atoms with Gasteiger partial charge >= 0.3 is 0 Å². The first kappa shape index (κ1) is 11.3. The molecule has 1 saturated carbocycles. The highest BCUT2D eigenvalue weighted by Crippen LogP contribution is 2.29. The van der Waals surface area contributed by atoms with Gasteiger partial charge in [-0.15, -0.1) is 0 Å². The van der Waals surface area contributed by atoms with Gasteiger partial charge in [-0.1, -0.05) is 19.8 Å². The van der Waals surface area contributed by atoms with E-state index in [2.05, 4.69) is 18.5 Å². The molecule has 1 aromatic heterocycles. The fourth-order valence-electron chi connectivity index (χ4n) is 2.85. The molecule has 0 aromatic carbocycles. The Labute approximate surface area is 96.0 Å². The van der Waals surface area contributed by atoms with E-state index in [-0.39, 0.29) is 5.56 Å². The molecule has 0 spiro atoms. The van der Waals surface area contributed by atoms with E-state index in [1.165, 1.54) is 12.8 Å². The summed E-state index contributed by atoms with van der Waals surface area (Å²) < 4.78 is 3.98. The molecule has 0 amide bonds. The fourth-order valence-corrected chi connectivity index (χ4v) is 2.85. The van der Waals surface area contributed by atoms with E-state index in [1.807, 2.05) is 4.68 Å². The van der Waals surface area contributed by atoms with Crippen molar-refractivity contribution in [2.75, 3.05) is 5.73 Å². The van der Waals surface area contributed by atoms with Crippen LogP contribution < -0.4 is 11.3 Å². The lowest BCUT2D eigenvalue weighted by atomic mass is 10.2. The van der Waals surface area contributed by atoms with Gasteiger partial charge in [-0.2, -0.15) is 0 Å². The SMILES string of the molecule is CCc1c(N)c(=O)n(C2CCCC2)n1CC. The smallest absolute Gasteiger partial charge is 0.290 e. The topological polar surface area (TPSA) is 53.0 Å². The number of anilines is 1. The third-order valence-corrected chi connectivity index (χ3v) is 3.63. The van der Waals surface area contributed by atoms with Gasteiger partial charge in [-0.25, -0.2) is 4.68 Å². The lowest BCUT2D eigenvalue weighted by molar-refractivity contribution is 0.365. The Kier molecular flexibility index (Phi) is 3.08. The Balaban J connectivity index is 2.54. The fraction of sp³-hybridized carbons (Fsp3) is 0.750. The molecule has 0 atom stereocenters. The van der Waals surface area contributed by atoms with E-state index in [1.54, 1.807) is 0 Å². The minimum absolute atomic E-state index is 0.0191. The molecule has 4 nitrogen and oxygen atoms in total. The van der Waals surface area contributed by atoms with Crippen molar-refractivity contribution < 1.29 is 0 Å². The molecule has 1 aliphatic carbocycles. The molecule has 1 aliphatic rings. The maximum absolute atomic E-state index is 12.1. The summed E-state index contributed by atoms with van der Waals surface area (Å²) in [4.78, 5) is 12.1. The first-order valence-corrected chi connectivity index (χ1v) is 6.30. The zero-order valence-corrected chi connectivity index (χ0v) is 10.2. The normalized spacial score (nSPS) is 17.1. The van der Waals surface area contributed by atoms with Crippen LogP contribution in [-0.2, 0) is 13.0 Å². The van der Waals surface area contributed by atoms with E-state index < -0.39 is 0 Å². The molecule has 0 bridgehead atoms. The third kappa shape index (κ3) is 1.56. The van der Waals surface area contributed by atoms with Gasteiger partial charge in [-0.05, 0) is 26.2 Å². The van der Waals surface area contributed by atoms with Crippen LogP contribution in [0, 0.1) is 0 Å². The van der Waals surface area contributed by atoms with E-state index in [0.29, 0.717) is 11.7 Å². The van der Waals surface area contributed by atoms with Gasteiger partial charge in [0.15, 0.2) is 0 Å². The molecule has 4 heteroatoms. The average molecular weight is 223 g/mol. The second-order valence-electron chi connectivity index (χ2n) is 4.52. The second kappa shape index (κ2) is 4.36. The van der Waals surface area contributed by atoms with Gasteiger partial charge in [-0.3, -0.25) is 9.48 Å². The van der Waals surface area contributed by atoms with Gasteiger partial charge in [0.1, 0.15) is 5.69 Å². The van der Waals surface area contributed by atoms with Crippen molar-refractivity contribution in [3.8, 4) is 0 Å². The molecule has 0 saturated heterocycles. The number of aromatic nitrogens is 2. The molecule has 1 heterocycles. The molecule has 0 aliphatic heterocycles. The zero-order chi connectivity index (χ0) is 11.7. The molecule has 16 heavy (non-hydrogen) atoms. The standard InChI is InChI=1S/C12H21N3O/c1-3-10-11(13)12(16)15(14(10)4-2)9-7-5-6-8-9/h9H,3-8,13H2,1-2H3. The Hall–Kier alpha value is -1.19. The summed E-state index contributed by atoms with van der Waals surface area (Å²) in [6.45, 7) is 4.95. The highest BCUT2D eigenvalue weighted by molar-refractivity contribution is 5.41. The van der Waals surface area contributed by atoms with Crippen LogP contribution in [0.1, 0.15) is 51.3 Å². The van der Waals surface area contributed by atoms with Crippen LogP contribution in [0.4, 0.5) is 5.69 Å². The van der Waals surface area contributed by atoms with Crippen molar-refractivity contribution in [3.63, 3.8) is 0 Å². The van der Waals surface area contributed by atoms with Crippen LogP contribution >= 0.6 is 0 Å². The van der Waals surface area contributed by atoms with Gasteiger partial charge in [0, 0.05) is 6.54 Å². The molecule has 0 radical (unpaired) electrons. The van der Waals surface area contributed by atoms with Crippen LogP contribution in [0.25, 0.3) is 0 Å². The predicted molar refractivity (Wildman–Crippen MR) is 65.7 cm³/mol. The molecule has 0 unspecified atom stereocenters. The highest BCUT2D eigenvalue weighted by atomic mass is 16.1.